The molecule has 0 bridgehead atoms. The molecule has 2 N–H and O–H groups in total. The van der Waals surface area contributed by atoms with Crippen molar-refractivity contribution in [3.05, 3.63) is 22.4 Å². The van der Waals surface area contributed by atoms with Crippen LogP contribution >= 0.6 is 15.9 Å². The standard InChI is InChI=1S/C11H15BrFNO3S/c1-2-4-18(15,16)5-3-17-11-9(12)6-8(13)7-10(11)14/h6-7H,2-5,14H2,1H3. The first-order chi connectivity index (χ1) is 8.35. The van der Waals surface area contributed by atoms with Crippen molar-refractivity contribution in [2.24, 2.45) is 0 Å². The minimum atomic E-state index is -3.09. The highest BCUT2D eigenvalue weighted by Crippen LogP contribution is 2.32. The number of hydrogen-bond acceptors (Lipinski definition) is 4. The third-order valence-electron chi connectivity index (χ3n) is 2.19. The third-order valence-corrected chi connectivity index (χ3v) is 4.60. The van der Waals surface area contributed by atoms with E-state index in [0.29, 0.717) is 10.9 Å². The highest BCUT2D eigenvalue weighted by molar-refractivity contribution is 9.10. The number of hydrogen-bond donors (Lipinski definition) is 1. The molecule has 102 valence electrons. The van der Waals surface area contributed by atoms with Crippen LogP contribution in [0, 0.1) is 5.82 Å². The van der Waals surface area contributed by atoms with Crippen molar-refractivity contribution in [3.63, 3.8) is 0 Å². The maximum absolute atomic E-state index is 13.0. The fraction of sp³-hybridized carbons (Fsp3) is 0.455. The molecule has 0 aliphatic carbocycles. The lowest BCUT2D eigenvalue weighted by atomic mass is 10.3. The molecule has 0 saturated carbocycles. The Balaban J connectivity index is 2.65. The van der Waals surface area contributed by atoms with E-state index in [0.717, 1.165) is 6.07 Å². The van der Waals surface area contributed by atoms with Gasteiger partial charge in [-0.05, 0) is 28.4 Å². The van der Waals surface area contributed by atoms with E-state index in [1.807, 2.05) is 0 Å². The summed E-state index contributed by atoms with van der Waals surface area (Å²) in [6.07, 6.45) is 0.574. The maximum Gasteiger partial charge on any atom is 0.156 e. The Hall–Kier alpha value is -0.820. The number of ether oxygens (including phenoxy) is 1. The van der Waals surface area contributed by atoms with Crippen molar-refractivity contribution in [2.45, 2.75) is 13.3 Å². The second-order valence-electron chi connectivity index (χ2n) is 3.81. The fourth-order valence-electron chi connectivity index (χ4n) is 1.42. The van der Waals surface area contributed by atoms with Crippen LogP contribution in [0.5, 0.6) is 5.75 Å². The van der Waals surface area contributed by atoms with Crippen LogP contribution in [0.15, 0.2) is 16.6 Å². The van der Waals surface area contributed by atoms with Gasteiger partial charge in [-0.2, -0.15) is 0 Å². The lowest BCUT2D eigenvalue weighted by Crippen LogP contribution is -2.17. The second kappa shape index (κ2) is 6.38. The Bertz CT molecular complexity index is 496. The van der Waals surface area contributed by atoms with Crippen LogP contribution in [0.25, 0.3) is 0 Å². The molecule has 4 nitrogen and oxygen atoms in total. The summed E-state index contributed by atoms with van der Waals surface area (Å²) in [4.78, 5) is 0. The van der Waals surface area contributed by atoms with Crippen molar-refractivity contribution < 1.29 is 17.5 Å². The van der Waals surface area contributed by atoms with E-state index in [2.05, 4.69) is 15.9 Å². The molecule has 0 heterocycles. The first-order valence-corrected chi connectivity index (χ1v) is 8.05. The Labute approximate surface area is 114 Å². The van der Waals surface area contributed by atoms with Crippen LogP contribution < -0.4 is 10.5 Å². The summed E-state index contributed by atoms with van der Waals surface area (Å²) >= 11 is 3.11. The number of sulfone groups is 1. The van der Waals surface area contributed by atoms with Gasteiger partial charge in [0.25, 0.3) is 0 Å². The van der Waals surface area contributed by atoms with Crippen molar-refractivity contribution in [1.82, 2.24) is 0 Å². The summed E-state index contributed by atoms with van der Waals surface area (Å²) in [6, 6.07) is 2.34. The normalized spacial score (nSPS) is 11.5. The zero-order valence-corrected chi connectivity index (χ0v) is 12.4. The maximum atomic E-state index is 13.0. The van der Waals surface area contributed by atoms with Gasteiger partial charge in [0.05, 0.1) is 21.7 Å². The lowest BCUT2D eigenvalue weighted by Gasteiger charge is -2.11. The SMILES string of the molecule is CCCS(=O)(=O)CCOc1c(N)cc(F)cc1Br. The quantitative estimate of drug-likeness (QED) is 0.808. The number of benzene rings is 1. The summed E-state index contributed by atoms with van der Waals surface area (Å²) < 4.78 is 41.5. The first-order valence-electron chi connectivity index (χ1n) is 5.43. The average molecular weight is 340 g/mol. The summed E-state index contributed by atoms with van der Waals surface area (Å²) in [5.41, 5.74) is 5.72. The Morgan fingerprint density at radius 3 is 2.61 bits per heavy atom. The number of nitrogen functional groups attached to an aromatic ring is 1. The van der Waals surface area contributed by atoms with Gasteiger partial charge in [0, 0.05) is 6.07 Å². The van der Waals surface area contributed by atoms with E-state index in [-0.39, 0.29) is 29.5 Å². The molecule has 0 radical (unpaired) electrons. The van der Waals surface area contributed by atoms with Crippen LogP contribution in [0.2, 0.25) is 0 Å². The molecule has 18 heavy (non-hydrogen) atoms. The number of halogens is 2. The Kier molecular flexibility index (Phi) is 5.40. The molecule has 0 atom stereocenters. The summed E-state index contributed by atoms with van der Waals surface area (Å²) in [7, 11) is -3.09. The molecule has 1 aromatic carbocycles. The third kappa shape index (κ3) is 4.45. The number of nitrogens with two attached hydrogens (primary N) is 1. The smallest absolute Gasteiger partial charge is 0.156 e. The average Bonchev–Trinajstić information content (AvgIpc) is 2.21. The molecule has 0 amide bonds. The van der Waals surface area contributed by atoms with Crippen molar-refractivity contribution >= 4 is 31.5 Å². The van der Waals surface area contributed by atoms with Crippen molar-refractivity contribution in [3.8, 4) is 5.75 Å². The van der Waals surface area contributed by atoms with E-state index in [9.17, 15) is 12.8 Å². The van der Waals surface area contributed by atoms with E-state index < -0.39 is 15.7 Å². The molecule has 1 aromatic rings. The van der Waals surface area contributed by atoms with Gasteiger partial charge in [-0.15, -0.1) is 0 Å². The minimum absolute atomic E-state index is 0.00321. The van der Waals surface area contributed by atoms with Crippen LogP contribution in [0.3, 0.4) is 0 Å². The molecular weight excluding hydrogens is 325 g/mol. The lowest BCUT2D eigenvalue weighted by molar-refractivity contribution is 0.340. The predicted molar refractivity (Wildman–Crippen MR) is 73.0 cm³/mol. The highest BCUT2D eigenvalue weighted by Gasteiger charge is 2.12. The molecule has 1 rings (SSSR count). The van der Waals surface area contributed by atoms with Gasteiger partial charge in [-0.25, -0.2) is 12.8 Å². The topological polar surface area (TPSA) is 69.4 Å². The van der Waals surface area contributed by atoms with Gasteiger partial charge >= 0.3 is 0 Å². The van der Waals surface area contributed by atoms with E-state index >= 15 is 0 Å². The first kappa shape index (κ1) is 15.2. The van der Waals surface area contributed by atoms with Crippen LogP contribution in [0.4, 0.5) is 10.1 Å². The zero-order chi connectivity index (χ0) is 13.8. The van der Waals surface area contributed by atoms with Crippen LogP contribution in [0.1, 0.15) is 13.3 Å². The highest BCUT2D eigenvalue weighted by atomic mass is 79.9. The van der Waals surface area contributed by atoms with Gasteiger partial charge in [0.2, 0.25) is 0 Å². The van der Waals surface area contributed by atoms with Gasteiger partial charge < -0.3 is 10.5 Å². The Morgan fingerprint density at radius 2 is 2.06 bits per heavy atom. The Morgan fingerprint density at radius 1 is 1.39 bits per heavy atom. The van der Waals surface area contributed by atoms with Gasteiger partial charge in [-0.3, -0.25) is 0 Å². The molecule has 0 fully saturated rings. The summed E-state index contributed by atoms with van der Waals surface area (Å²) in [6.45, 7) is 1.80. The molecular formula is C11H15BrFNO3S. The van der Waals surface area contributed by atoms with Gasteiger partial charge in [0.15, 0.2) is 15.6 Å². The molecule has 0 unspecified atom stereocenters. The van der Waals surface area contributed by atoms with Gasteiger partial charge in [0.1, 0.15) is 12.4 Å². The van der Waals surface area contributed by atoms with Crippen LogP contribution in [-0.4, -0.2) is 26.5 Å². The second-order valence-corrected chi connectivity index (χ2v) is 6.96. The monoisotopic (exact) mass is 339 g/mol. The molecule has 0 aliphatic heterocycles. The molecule has 0 aromatic heterocycles. The molecule has 0 saturated heterocycles. The summed E-state index contributed by atoms with van der Waals surface area (Å²) in [5, 5.41) is 0. The van der Waals surface area contributed by atoms with E-state index in [1.165, 1.54) is 6.07 Å². The summed E-state index contributed by atoms with van der Waals surface area (Å²) in [5.74, 6) is -0.158. The van der Waals surface area contributed by atoms with Crippen molar-refractivity contribution in [2.75, 3.05) is 23.8 Å². The predicted octanol–water partition coefficient (Wildman–Crippen LogP) is 2.37. The fourth-order valence-corrected chi connectivity index (χ4v) is 3.14. The van der Waals surface area contributed by atoms with E-state index in [1.54, 1.807) is 6.92 Å². The molecule has 0 aliphatic rings. The van der Waals surface area contributed by atoms with Crippen molar-refractivity contribution in [1.29, 1.82) is 0 Å². The van der Waals surface area contributed by atoms with Crippen LogP contribution in [-0.2, 0) is 9.84 Å². The molecule has 7 heteroatoms. The van der Waals surface area contributed by atoms with E-state index in [4.69, 9.17) is 10.5 Å². The van der Waals surface area contributed by atoms with Gasteiger partial charge in [-0.1, -0.05) is 6.92 Å². The number of rotatable bonds is 6. The zero-order valence-electron chi connectivity index (χ0n) is 9.95. The number of anilines is 1. The molecule has 0 spiro atoms. The largest absolute Gasteiger partial charge is 0.489 e. The minimum Gasteiger partial charge on any atom is -0.489 e.